The second-order valence-corrected chi connectivity index (χ2v) is 6.89. The number of para-hydroxylation sites is 1. The second-order valence-electron chi connectivity index (χ2n) is 6.04. The molecule has 7 nitrogen and oxygen atoms in total. The number of hydrogen-bond acceptors (Lipinski definition) is 6. The van der Waals surface area contributed by atoms with Crippen LogP contribution >= 0.6 is 15.9 Å². The molecule has 1 aromatic heterocycles. The van der Waals surface area contributed by atoms with Crippen LogP contribution < -0.4 is 19.6 Å². The Morgan fingerprint density at radius 2 is 2.03 bits per heavy atom. The first kappa shape index (κ1) is 21.3. The molecule has 154 valence electrons. The SMILES string of the molecule is C=CCOc1cc(Br)c(/C=N\NC(=O)COc2cccc3cccnc23)cc1OC. The Bertz CT molecular complexity index is 1080. The number of halogens is 1. The number of hydrogen-bond donors (Lipinski definition) is 1. The van der Waals surface area contributed by atoms with Crippen molar-refractivity contribution in [3.8, 4) is 17.2 Å². The summed E-state index contributed by atoms with van der Waals surface area (Å²) >= 11 is 3.46. The Balaban J connectivity index is 1.61. The van der Waals surface area contributed by atoms with E-state index in [0.29, 0.717) is 34.9 Å². The highest BCUT2D eigenvalue weighted by Gasteiger charge is 2.10. The van der Waals surface area contributed by atoms with Crippen LogP contribution in [-0.4, -0.2) is 37.4 Å². The Hall–Kier alpha value is -3.39. The van der Waals surface area contributed by atoms with Gasteiger partial charge in [0, 0.05) is 21.6 Å². The molecule has 0 aliphatic carbocycles. The van der Waals surface area contributed by atoms with Gasteiger partial charge in [-0.15, -0.1) is 0 Å². The number of aromatic nitrogens is 1. The van der Waals surface area contributed by atoms with E-state index in [4.69, 9.17) is 14.2 Å². The van der Waals surface area contributed by atoms with Crippen LogP contribution in [0.3, 0.4) is 0 Å². The molecular weight excluding hydrogens is 450 g/mol. The molecule has 0 fully saturated rings. The number of benzene rings is 2. The molecule has 1 heterocycles. The monoisotopic (exact) mass is 469 g/mol. The Morgan fingerprint density at radius 1 is 1.20 bits per heavy atom. The van der Waals surface area contributed by atoms with Gasteiger partial charge in [-0.3, -0.25) is 9.78 Å². The third kappa shape index (κ3) is 5.36. The van der Waals surface area contributed by atoms with Crippen molar-refractivity contribution in [3.63, 3.8) is 0 Å². The summed E-state index contributed by atoms with van der Waals surface area (Å²) in [6.07, 6.45) is 4.83. The average molecular weight is 470 g/mol. The number of fused-ring (bicyclic) bond motifs is 1. The fourth-order valence-corrected chi connectivity index (χ4v) is 3.04. The fraction of sp³-hybridized carbons (Fsp3) is 0.136. The van der Waals surface area contributed by atoms with Gasteiger partial charge in [0.15, 0.2) is 18.1 Å². The predicted octanol–water partition coefficient (Wildman–Crippen LogP) is 4.10. The quantitative estimate of drug-likeness (QED) is 0.289. The number of amides is 1. The van der Waals surface area contributed by atoms with Crippen LogP contribution in [0.5, 0.6) is 17.2 Å². The van der Waals surface area contributed by atoms with Gasteiger partial charge in [-0.25, -0.2) is 5.43 Å². The maximum atomic E-state index is 12.1. The number of pyridine rings is 1. The van der Waals surface area contributed by atoms with E-state index < -0.39 is 5.91 Å². The zero-order valence-electron chi connectivity index (χ0n) is 16.3. The van der Waals surface area contributed by atoms with Gasteiger partial charge in [0.25, 0.3) is 5.91 Å². The lowest BCUT2D eigenvalue weighted by Crippen LogP contribution is -2.24. The van der Waals surface area contributed by atoms with Crippen molar-refractivity contribution in [3.05, 3.63) is 71.4 Å². The van der Waals surface area contributed by atoms with Crippen molar-refractivity contribution >= 4 is 39.0 Å². The zero-order chi connectivity index (χ0) is 21.3. The van der Waals surface area contributed by atoms with Crippen molar-refractivity contribution in [2.45, 2.75) is 0 Å². The van der Waals surface area contributed by atoms with E-state index in [1.807, 2.05) is 24.3 Å². The molecule has 2 aromatic carbocycles. The van der Waals surface area contributed by atoms with Gasteiger partial charge in [0.1, 0.15) is 17.9 Å². The molecule has 8 heteroatoms. The molecule has 0 unspecified atom stereocenters. The van der Waals surface area contributed by atoms with Crippen molar-refractivity contribution in [1.82, 2.24) is 10.4 Å². The van der Waals surface area contributed by atoms with Crippen LogP contribution in [0.25, 0.3) is 10.9 Å². The summed E-state index contributed by atoms with van der Waals surface area (Å²) < 4.78 is 17.2. The van der Waals surface area contributed by atoms with E-state index in [1.165, 1.54) is 6.21 Å². The van der Waals surface area contributed by atoms with Crippen LogP contribution in [-0.2, 0) is 4.79 Å². The Morgan fingerprint density at radius 3 is 2.83 bits per heavy atom. The molecular formula is C22H20BrN3O4. The van der Waals surface area contributed by atoms with Crippen molar-refractivity contribution in [2.75, 3.05) is 20.3 Å². The minimum absolute atomic E-state index is 0.189. The Labute approximate surface area is 182 Å². The maximum Gasteiger partial charge on any atom is 0.277 e. The molecule has 30 heavy (non-hydrogen) atoms. The smallest absolute Gasteiger partial charge is 0.277 e. The lowest BCUT2D eigenvalue weighted by Gasteiger charge is -2.11. The average Bonchev–Trinajstić information content (AvgIpc) is 2.77. The number of hydrazone groups is 1. The fourth-order valence-electron chi connectivity index (χ4n) is 2.61. The molecule has 0 saturated carbocycles. The molecule has 0 bridgehead atoms. The molecule has 0 aliphatic heterocycles. The summed E-state index contributed by atoms with van der Waals surface area (Å²) in [6, 6.07) is 12.8. The van der Waals surface area contributed by atoms with E-state index in [1.54, 1.807) is 37.6 Å². The molecule has 1 N–H and O–H groups in total. The van der Waals surface area contributed by atoms with Crippen LogP contribution in [0, 0.1) is 0 Å². The molecule has 3 aromatic rings. The minimum atomic E-state index is -0.395. The molecule has 3 rings (SSSR count). The van der Waals surface area contributed by atoms with Gasteiger partial charge in [-0.2, -0.15) is 5.10 Å². The van der Waals surface area contributed by atoms with Crippen molar-refractivity contribution < 1.29 is 19.0 Å². The summed E-state index contributed by atoms with van der Waals surface area (Å²) in [4.78, 5) is 16.4. The summed E-state index contributed by atoms with van der Waals surface area (Å²) in [7, 11) is 1.55. The normalized spacial score (nSPS) is 10.7. The van der Waals surface area contributed by atoms with E-state index in [2.05, 4.69) is 38.0 Å². The highest BCUT2D eigenvalue weighted by molar-refractivity contribution is 9.10. The first-order valence-electron chi connectivity index (χ1n) is 9.02. The number of carbonyl (C=O) groups excluding carboxylic acids is 1. The molecule has 0 spiro atoms. The van der Waals surface area contributed by atoms with Crippen molar-refractivity contribution in [1.29, 1.82) is 0 Å². The molecule has 0 saturated heterocycles. The second kappa shape index (κ2) is 10.4. The van der Waals surface area contributed by atoms with Gasteiger partial charge in [0.2, 0.25) is 0 Å². The van der Waals surface area contributed by atoms with Gasteiger partial charge in [0.05, 0.1) is 13.3 Å². The van der Waals surface area contributed by atoms with Crippen LogP contribution in [0.15, 0.2) is 70.9 Å². The third-order valence-electron chi connectivity index (χ3n) is 3.99. The van der Waals surface area contributed by atoms with E-state index in [-0.39, 0.29) is 6.61 Å². The van der Waals surface area contributed by atoms with E-state index in [9.17, 15) is 4.79 Å². The summed E-state index contributed by atoms with van der Waals surface area (Å²) in [5.41, 5.74) is 3.85. The maximum absolute atomic E-state index is 12.1. The third-order valence-corrected chi connectivity index (χ3v) is 4.67. The standard InChI is InChI=1S/C22H20BrN3O4/c1-3-10-29-20-12-17(23)16(11-19(20)28-2)13-25-26-21(27)14-30-18-8-4-6-15-7-5-9-24-22(15)18/h3-9,11-13H,1,10,14H2,2H3,(H,26,27)/b25-13-. The Kier molecular flexibility index (Phi) is 7.40. The molecule has 0 aliphatic rings. The predicted molar refractivity (Wildman–Crippen MR) is 119 cm³/mol. The molecule has 0 radical (unpaired) electrons. The van der Waals surface area contributed by atoms with Crippen molar-refractivity contribution in [2.24, 2.45) is 5.10 Å². The first-order valence-corrected chi connectivity index (χ1v) is 9.81. The number of nitrogens with zero attached hydrogens (tertiary/aromatic N) is 2. The molecule has 0 atom stereocenters. The summed E-state index contributed by atoms with van der Waals surface area (Å²) in [6.45, 7) is 3.80. The zero-order valence-corrected chi connectivity index (χ0v) is 17.9. The lowest BCUT2D eigenvalue weighted by molar-refractivity contribution is -0.123. The van der Waals surface area contributed by atoms with Crippen LogP contribution in [0.1, 0.15) is 5.56 Å². The first-order chi connectivity index (χ1) is 14.6. The number of methoxy groups -OCH3 is 1. The van der Waals surface area contributed by atoms with Crippen LogP contribution in [0.4, 0.5) is 0 Å². The summed E-state index contributed by atoms with van der Waals surface area (Å²) in [5, 5.41) is 4.92. The largest absolute Gasteiger partial charge is 0.493 e. The topological polar surface area (TPSA) is 82.0 Å². The highest BCUT2D eigenvalue weighted by atomic mass is 79.9. The lowest BCUT2D eigenvalue weighted by atomic mass is 10.2. The number of nitrogens with one attached hydrogen (secondary N) is 1. The van der Waals surface area contributed by atoms with Gasteiger partial charge in [-0.1, -0.05) is 30.9 Å². The van der Waals surface area contributed by atoms with E-state index >= 15 is 0 Å². The highest BCUT2D eigenvalue weighted by Crippen LogP contribution is 2.33. The van der Waals surface area contributed by atoms with Gasteiger partial charge >= 0.3 is 0 Å². The van der Waals surface area contributed by atoms with Gasteiger partial charge in [-0.05, 0) is 40.2 Å². The minimum Gasteiger partial charge on any atom is -0.493 e. The van der Waals surface area contributed by atoms with Gasteiger partial charge < -0.3 is 14.2 Å². The van der Waals surface area contributed by atoms with Crippen LogP contribution in [0.2, 0.25) is 0 Å². The van der Waals surface area contributed by atoms with E-state index in [0.717, 1.165) is 9.86 Å². The summed E-state index contributed by atoms with van der Waals surface area (Å²) in [5.74, 6) is 1.25. The number of ether oxygens (including phenoxy) is 3. The molecule has 1 amide bonds. The number of carbonyl (C=O) groups is 1. The number of rotatable bonds is 9.